The van der Waals surface area contributed by atoms with Crippen molar-refractivity contribution in [3.05, 3.63) is 0 Å². The second kappa shape index (κ2) is 3.00. The van der Waals surface area contributed by atoms with Gasteiger partial charge in [-0.15, -0.1) is 0 Å². The number of carbonyl (C=O) groups is 1. The molecule has 2 rings (SSSR count). The molecule has 1 heterocycles. The van der Waals surface area contributed by atoms with E-state index in [2.05, 4.69) is 6.92 Å². The Balaban J connectivity index is 2.10. The zero-order chi connectivity index (χ0) is 9.47. The third kappa shape index (κ3) is 1.47. The summed E-state index contributed by atoms with van der Waals surface area (Å²) >= 11 is 0. The Labute approximate surface area is 79.7 Å². The molecule has 1 aliphatic carbocycles. The summed E-state index contributed by atoms with van der Waals surface area (Å²) in [6, 6.07) is 0. The number of carbonyl (C=O) groups excluding carboxylic acids is 1. The fourth-order valence-electron chi connectivity index (χ4n) is 2.75. The van der Waals surface area contributed by atoms with Gasteiger partial charge in [0.05, 0.1) is 11.5 Å². The third-order valence-corrected chi connectivity index (χ3v) is 3.63. The molecule has 1 saturated heterocycles. The molecule has 2 aliphatic rings. The van der Waals surface area contributed by atoms with Gasteiger partial charge in [0.2, 0.25) is 0 Å². The fourth-order valence-corrected chi connectivity index (χ4v) is 2.75. The lowest BCUT2D eigenvalue weighted by atomic mass is 9.78. The van der Waals surface area contributed by atoms with Gasteiger partial charge in [0.15, 0.2) is 0 Å². The molecule has 1 spiro atoms. The second-order valence-corrected chi connectivity index (χ2v) is 4.88. The Morgan fingerprint density at radius 3 is 2.54 bits per heavy atom. The highest BCUT2D eigenvalue weighted by Crippen LogP contribution is 2.48. The first kappa shape index (κ1) is 9.04. The van der Waals surface area contributed by atoms with Gasteiger partial charge in [-0.1, -0.05) is 6.92 Å². The van der Waals surface area contributed by atoms with Crippen molar-refractivity contribution in [1.29, 1.82) is 0 Å². The van der Waals surface area contributed by atoms with Crippen molar-refractivity contribution in [2.45, 2.75) is 52.1 Å². The van der Waals surface area contributed by atoms with E-state index in [0.717, 1.165) is 25.7 Å². The summed E-state index contributed by atoms with van der Waals surface area (Å²) in [5.41, 5.74) is -0.0775. The largest absolute Gasteiger partial charge is 0.462 e. The molecule has 0 amide bonds. The number of rotatable bonds is 0. The summed E-state index contributed by atoms with van der Waals surface area (Å²) in [6.45, 7) is 4.23. The quantitative estimate of drug-likeness (QED) is 0.538. The highest BCUT2D eigenvalue weighted by molar-refractivity contribution is 5.78. The van der Waals surface area contributed by atoms with Crippen molar-refractivity contribution in [2.24, 2.45) is 11.3 Å². The second-order valence-electron chi connectivity index (χ2n) is 4.88. The highest BCUT2D eigenvalue weighted by atomic mass is 16.5. The lowest BCUT2D eigenvalue weighted by Crippen LogP contribution is -2.38. The molecule has 13 heavy (non-hydrogen) atoms. The summed E-state index contributed by atoms with van der Waals surface area (Å²) in [6.07, 6.45) is 5.56. The number of esters is 1. The van der Waals surface area contributed by atoms with E-state index in [4.69, 9.17) is 4.74 Å². The van der Waals surface area contributed by atoms with E-state index >= 15 is 0 Å². The first-order valence-electron chi connectivity index (χ1n) is 5.33. The predicted molar refractivity (Wildman–Crippen MR) is 50.2 cm³/mol. The average molecular weight is 182 g/mol. The average Bonchev–Trinajstić information content (AvgIpc) is 2.43. The number of cyclic esters (lactones) is 1. The smallest absolute Gasteiger partial charge is 0.312 e. The van der Waals surface area contributed by atoms with Crippen LogP contribution in [0.25, 0.3) is 0 Å². The maximum Gasteiger partial charge on any atom is 0.312 e. The molecular formula is C11H18O2. The lowest BCUT2D eigenvalue weighted by Gasteiger charge is -2.34. The molecule has 0 bridgehead atoms. The zero-order valence-electron chi connectivity index (χ0n) is 8.51. The van der Waals surface area contributed by atoms with E-state index in [-0.39, 0.29) is 17.5 Å². The van der Waals surface area contributed by atoms with Gasteiger partial charge in [-0.2, -0.15) is 0 Å². The first-order chi connectivity index (χ1) is 6.12. The van der Waals surface area contributed by atoms with Gasteiger partial charge in [0, 0.05) is 0 Å². The van der Waals surface area contributed by atoms with Crippen molar-refractivity contribution >= 4 is 5.97 Å². The van der Waals surface area contributed by atoms with Crippen LogP contribution in [-0.4, -0.2) is 12.1 Å². The minimum absolute atomic E-state index is 0.0775. The molecule has 3 atom stereocenters. The van der Waals surface area contributed by atoms with Crippen LogP contribution in [0.4, 0.5) is 0 Å². The Hall–Kier alpha value is -0.530. The van der Waals surface area contributed by atoms with Crippen LogP contribution in [0.3, 0.4) is 0 Å². The SMILES string of the molecule is CC1CCC2(CCC(C)OC2=O)C1. The van der Waals surface area contributed by atoms with Gasteiger partial charge >= 0.3 is 5.97 Å². The normalized spacial score (nSPS) is 45.2. The Morgan fingerprint density at radius 1 is 1.31 bits per heavy atom. The van der Waals surface area contributed by atoms with Crippen molar-refractivity contribution < 1.29 is 9.53 Å². The van der Waals surface area contributed by atoms with Crippen molar-refractivity contribution in [2.75, 3.05) is 0 Å². The number of hydrogen-bond donors (Lipinski definition) is 0. The van der Waals surface area contributed by atoms with Crippen LogP contribution in [0.15, 0.2) is 0 Å². The Kier molecular flexibility index (Phi) is 2.09. The van der Waals surface area contributed by atoms with Crippen molar-refractivity contribution in [3.63, 3.8) is 0 Å². The first-order valence-corrected chi connectivity index (χ1v) is 5.33. The molecule has 0 aromatic carbocycles. The van der Waals surface area contributed by atoms with Gasteiger partial charge < -0.3 is 4.74 Å². The van der Waals surface area contributed by atoms with Crippen LogP contribution in [-0.2, 0) is 9.53 Å². The van der Waals surface area contributed by atoms with Crippen molar-refractivity contribution in [1.82, 2.24) is 0 Å². The van der Waals surface area contributed by atoms with Gasteiger partial charge in [-0.3, -0.25) is 4.79 Å². The zero-order valence-corrected chi connectivity index (χ0v) is 8.51. The van der Waals surface area contributed by atoms with Crippen LogP contribution in [0.5, 0.6) is 0 Å². The number of ether oxygens (including phenoxy) is 1. The molecular weight excluding hydrogens is 164 g/mol. The Bertz CT molecular complexity index is 224. The number of hydrogen-bond acceptors (Lipinski definition) is 2. The topological polar surface area (TPSA) is 26.3 Å². The third-order valence-electron chi connectivity index (χ3n) is 3.63. The molecule has 74 valence electrons. The van der Waals surface area contributed by atoms with Gasteiger partial charge in [-0.25, -0.2) is 0 Å². The molecule has 2 fully saturated rings. The molecule has 0 aromatic rings. The van der Waals surface area contributed by atoms with Crippen molar-refractivity contribution in [3.8, 4) is 0 Å². The van der Waals surface area contributed by atoms with E-state index in [9.17, 15) is 4.79 Å². The molecule has 0 N–H and O–H groups in total. The molecule has 2 heteroatoms. The minimum Gasteiger partial charge on any atom is -0.462 e. The van der Waals surface area contributed by atoms with E-state index in [1.54, 1.807) is 0 Å². The van der Waals surface area contributed by atoms with Crippen LogP contribution in [0.1, 0.15) is 46.0 Å². The van der Waals surface area contributed by atoms with Gasteiger partial charge in [0.25, 0.3) is 0 Å². The molecule has 0 aromatic heterocycles. The molecule has 2 nitrogen and oxygen atoms in total. The van der Waals surface area contributed by atoms with E-state index < -0.39 is 0 Å². The van der Waals surface area contributed by atoms with E-state index in [0.29, 0.717) is 5.92 Å². The lowest BCUT2D eigenvalue weighted by molar-refractivity contribution is -0.168. The van der Waals surface area contributed by atoms with Crippen LogP contribution in [0, 0.1) is 11.3 Å². The molecule has 0 radical (unpaired) electrons. The highest BCUT2D eigenvalue weighted by Gasteiger charge is 2.47. The van der Waals surface area contributed by atoms with E-state index in [1.807, 2.05) is 6.92 Å². The summed E-state index contributed by atoms with van der Waals surface area (Å²) in [7, 11) is 0. The van der Waals surface area contributed by atoms with Gasteiger partial charge in [-0.05, 0) is 44.9 Å². The minimum atomic E-state index is -0.0775. The summed E-state index contributed by atoms with van der Waals surface area (Å²) in [5.74, 6) is 0.788. The van der Waals surface area contributed by atoms with Crippen LogP contribution in [0.2, 0.25) is 0 Å². The predicted octanol–water partition coefficient (Wildman–Crippen LogP) is 2.52. The fraction of sp³-hybridized carbons (Fsp3) is 0.909. The molecule has 1 saturated carbocycles. The van der Waals surface area contributed by atoms with Gasteiger partial charge in [0.1, 0.15) is 0 Å². The van der Waals surface area contributed by atoms with E-state index in [1.165, 1.54) is 6.42 Å². The monoisotopic (exact) mass is 182 g/mol. The molecule has 1 aliphatic heterocycles. The van der Waals surface area contributed by atoms with Crippen LogP contribution >= 0.6 is 0 Å². The molecule has 3 unspecified atom stereocenters. The maximum atomic E-state index is 11.8. The maximum absolute atomic E-state index is 11.8. The van der Waals surface area contributed by atoms with Crippen LogP contribution < -0.4 is 0 Å². The summed E-state index contributed by atoms with van der Waals surface area (Å²) in [4.78, 5) is 11.8. The Morgan fingerprint density at radius 2 is 2.00 bits per heavy atom. The summed E-state index contributed by atoms with van der Waals surface area (Å²) < 4.78 is 5.33. The standard InChI is InChI=1S/C11H18O2/c1-8-3-5-11(7-8)6-4-9(2)13-10(11)12/h8-9H,3-7H2,1-2H3. The summed E-state index contributed by atoms with van der Waals surface area (Å²) in [5, 5.41) is 0.